The maximum absolute atomic E-state index is 12.4. The van der Waals surface area contributed by atoms with Crippen LogP contribution in [0, 0.1) is 23.0 Å². The Morgan fingerprint density at radius 1 is 1.30 bits per heavy atom. The molecule has 0 aliphatic carbocycles. The minimum atomic E-state index is -0.724. The number of carbonyl (C=O) groups is 3. The average Bonchev–Trinajstić information content (AvgIpc) is 3.04. The Labute approximate surface area is 154 Å². The number of nitro benzene ring substituents is 1. The number of para-hydroxylation sites is 1. The lowest BCUT2D eigenvalue weighted by Gasteiger charge is -2.17. The van der Waals surface area contributed by atoms with Crippen molar-refractivity contribution < 1.29 is 24.0 Å². The van der Waals surface area contributed by atoms with Crippen molar-refractivity contribution in [1.82, 2.24) is 0 Å². The number of nitrogens with zero attached hydrogens (tertiary/aromatic N) is 2. The van der Waals surface area contributed by atoms with E-state index in [1.54, 1.807) is 31.2 Å². The monoisotopic (exact) mass is 368 g/mol. The molecule has 1 aliphatic rings. The molecule has 3 rings (SSSR count). The average molecular weight is 368 g/mol. The van der Waals surface area contributed by atoms with Crippen molar-refractivity contribution in [1.29, 1.82) is 0 Å². The third-order valence-electron chi connectivity index (χ3n) is 4.42. The lowest BCUT2D eigenvalue weighted by atomic mass is 10.1. The van der Waals surface area contributed by atoms with E-state index in [1.165, 1.54) is 23.1 Å². The molecule has 2 aromatic rings. The molecule has 0 unspecified atom stereocenters. The van der Waals surface area contributed by atoms with Gasteiger partial charge in [-0.3, -0.25) is 24.5 Å². The fraction of sp³-hybridized carbons (Fsp3) is 0.211. The molecule has 138 valence electrons. The zero-order valence-electron chi connectivity index (χ0n) is 14.5. The van der Waals surface area contributed by atoms with Gasteiger partial charge in [0.15, 0.2) is 6.29 Å². The summed E-state index contributed by atoms with van der Waals surface area (Å²) in [5.41, 5.74) is 0.991. The molecule has 0 N–H and O–H groups in total. The van der Waals surface area contributed by atoms with Crippen molar-refractivity contribution in [3.63, 3.8) is 0 Å². The Balaban J connectivity index is 1.77. The summed E-state index contributed by atoms with van der Waals surface area (Å²) >= 11 is 0. The summed E-state index contributed by atoms with van der Waals surface area (Å²) in [6.45, 7) is 1.67. The number of rotatable bonds is 5. The van der Waals surface area contributed by atoms with E-state index in [0.29, 0.717) is 17.5 Å². The van der Waals surface area contributed by atoms with Crippen molar-refractivity contribution in [2.24, 2.45) is 5.92 Å². The lowest BCUT2D eigenvalue weighted by Crippen LogP contribution is -2.27. The number of carbonyl (C=O) groups excluding carboxylic acids is 3. The number of amides is 1. The predicted octanol–water partition coefficient (Wildman–Crippen LogP) is 2.67. The summed E-state index contributed by atoms with van der Waals surface area (Å²) in [4.78, 5) is 47.7. The molecule has 2 aromatic carbocycles. The summed E-state index contributed by atoms with van der Waals surface area (Å²) in [6, 6.07) is 10.8. The molecule has 1 aliphatic heterocycles. The van der Waals surface area contributed by atoms with Crippen LogP contribution in [0.15, 0.2) is 42.5 Å². The normalized spacial score (nSPS) is 16.3. The molecular weight excluding hydrogens is 352 g/mol. The van der Waals surface area contributed by atoms with Crippen molar-refractivity contribution in [2.75, 3.05) is 11.4 Å². The Morgan fingerprint density at radius 3 is 2.74 bits per heavy atom. The van der Waals surface area contributed by atoms with Gasteiger partial charge in [0, 0.05) is 24.6 Å². The summed E-state index contributed by atoms with van der Waals surface area (Å²) in [7, 11) is 0. The minimum absolute atomic E-state index is 0.0567. The maximum Gasteiger partial charge on any atom is 0.316 e. The van der Waals surface area contributed by atoms with Gasteiger partial charge in [0.2, 0.25) is 5.91 Å². The largest absolute Gasteiger partial charge is 0.425 e. The molecule has 0 radical (unpaired) electrons. The molecule has 1 atom stereocenters. The number of esters is 1. The van der Waals surface area contributed by atoms with Gasteiger partial charge in [-0.1, -0.05) is 18.2 Å². The van der Waals surface area contributed by atoms with E-state index < -0.39 is 16.8 Å². The van der Waals surface area contributed by atoms with Crippen LogP contribution in [0.25, 0.3) is 0 Å². The molecule has 1 heterocycles. The van der Waals surface area contributed by atoms with Gasteiger partial charge in [-0.15, -0.1) is 0 Å². The Bertz CT molecular complexity index is 940. The summed E-state index contributed by atoms with van der Waals surface area (Å²) in [6.07, 6.45) is 0.518. The smallest absolute Gasteiger partial charge is 0.316 e. The summed E-state index contributed by atoms with van der Waals surface area (Å²) in [5.74, 6) is -1.53. The van der Waals surface area contributed by atoms with Crippen LogP contribution < -0.4 is 9.64 Å². The molecule has 0 saturated carbocycles. The number of hydrogen-bond acceptors (Lipinski definition) is 6. The van der Waals surface area contributed by atoms with E-state index in [1.807, 2.05) is 0 Å². The van der Waals surface area contributed by atoms with E-state index in [9.17, 15) is 24.5 Å². The quantitative estimate of drug-likeness (QED) is 0.264. The van der Waals surface area contributed by atoms with Crippen LogP contribution in [0.2, 0.25) is 0 Å². The van der Waals surface area contributed by atoms with Gasteiger partial charge in [0.05, 0.1) is 22.1 Å². The molecule has 0 aromatic heterocycles. The van der Waals surface area contributed by atoms with E-state index in [4.69, 9.17) is 4.74 Å². The molecule has 1 amide bonds. The highest BCUT2D eigenvalue weighted by atomic mass is 16.6. The van der Waals surface area contributed by atoms with E-state index in [0.717, 1.165) is 0 Å². The highest BCUT2D eigenvalue weighted by Gasteiger charge is 2.37. The van der Waals surface area contributed by atoms with E-state index in [2.05, 4.69) is 0 Å². The zero-order valence-corrected chi connectivity index (χ0v) is 14.5. The van der Waals surface area contributed by atoms with Crippen LogP contribution in [0.1, 0.15) is 22.3 Å². The molecule has 8 nitrogen and oxygen atoms in total. The van der Waals surface area contributed by atoms with Crippen molar-refractivity contribution in [3.8, 4) is 5.75 Å². The predicted molar refractivity (Wildman–Crippen MR) is 95.8 cm³/mol. The number of ether oxygens (including phenoxy) is 1. The number of hydrogen-bond donors (Lipinski definition) is 0. The first-order chi connectivity index (χ1) is 12.9. The van der Waals surface area contributed by atoms with Crippen molar-refractivity contribution in [3.05, 3.63) is 63.7 Å². The van der Waals surface area contributed by atoms with Gasteiger partial charge < -0.3 is 9.64 Å². The van der Waals surface area contributed by atoms with Crippen LogP contribution in [0.3, 0.4) is 0 Å². The van der Waals surface area contributed by atoms with E-state index in [-0.39, 0.29) is 35.9 Å². The highest BCUT2D eigenvalue weighted by Crippen LogP contribution is 2.30. The van der Waals surface area contributed by atoms with Gasteiger partial charge in [-0.05, 0) is 25.1 Å². The molecule has 1 saturated heterocycles. The van der Waals surface area contributed by atoms with Crippen LogP contribution in [-0.4, -0.2) is 29.6 Å². The van der Waals surface area contributed by atoms with Gasteiger partial charge in [-0.2, -0.15) is 0 Å². The first kappa shape index (κ1) is 18.2. The first-order valence-corrected chi connectivity index (χ1v) is 8.22. The second-order valence-corrected chi connectivity index (χ2v) is 6.21. The maximum atomic E-state index is 12.4. The van der Waals surface area contributed by atoms with E-state index >= 15 is 0 Å². The third-order valence-corrected chi connectivity index (χ3v) is 4.42. The number of anilines is 1. The second-order valence-electron chi connectivity index (χ2n) is 6.21. The molecule has 1 fully saturated rings. The van der Waals surface area contributed by atoms with Crippen molar-refractivity contribution >= 4 is 29.5 Å². The lowest BCUT2D eigenvalue weighted by molar-refractivity contribution is -0.385. The standard InChI is InChI=1S/C19H16N2O6/c1-12-6-7-15(9-16(12)21(25)26)20-10-14(8-18(20)23)19(24)27-17-5-3-2-4-13(17)11-22/h2-7,9,11,14H,8,10H2,1H3/t14-/m0/s1. The molecule has 0 bridgehead atoms. The van der Waals surface area contributed by atoms with Crippen LogP contribution >= 0.6 is 0 Å². The van der Waals surface area contributed by atoms with Crippen LogP contribution in [0.4, 0.5) is 11.4 Å². The van der Waals surface area contributed by atoms with Gasteiger partial charge >= 0.3 is 5.97 Å². The fourth-order valence-electron chi connectivity index (χ4n) is 2.94. The summed E-state index contributed by atoms with van der Waals surface area (Å²) in [5, 5.41) is 11.1. The molecular formula is C19H16N2O6. The first-order valence-electron chi connectivity index (χ1n) is 8.22. The summed E-state index contributed by atoms with van der Waals surface area (Å²) < 4.78 is 5.28. The number of aldehydes is 1. The van der Waals surface area contributed by atoms with Crippen LogP contribution in [-0.2, 0) is 9.59 Å². The van der Waals surface area contributed by atoms with Crippen molar-refractivity contribution in [2.45, 2.75) is 13.3 Å². The van der Waals surface area contributed by atoms with Crippen LogP contribution in [0.5, 0.6) is 5.75 Å². The Morgan fingerprint density at radius 2 is 2.04 bits per heavy atom. The highest BCUT2D eigenvalue weighted by molar-refractivity contribution is 6.00. The third kappa shape index (κ3) is 3.69. The number of nitro groups is 1. The Kier molecular flexibility index (Phi) is 4.98. The number of benzene rings is 2. The molecule has 8 heteroatoms. The Hall–Kier alpha value is -3.55. The number of aryl methyl sites for hydroxylation is 1. The van der Waals surface area contributed by atoms with Gasteiger partial charge in [0.1, 0.15) is 5.75 Å². The SMILES string of the molecule is Cc1ccc(N2C[C@@H](C(=O)Oc3ccccc3C=O)CC2=O)cc1[N+](=O)[O-]. The topological polar surface area (TPSA) is 107 Å². The molecule has 0 spiro atoms. The van der Waals surface area contributed by atoms with Gasteiger partial charge in [-0.25, -0.2) is 0 Å². The van der Waals surface area contributed by atoms with Gasteiger partial charge in [0.25, 0.3) is 5.69 Å². The second kappa shape index (κ2) is 7.36. The minimum Gasteiger partial charge on any atom is -0.425 e. The fourth-order valence-corrected chi connectivity index (χ4v) is 2.94. The zero-order chi connectivity index (χ0) is 19.6. The molecule has 27 heavy (non-hydrogen) atoms.